The van der Waals surface area contributed by atoms with Gasteiger partial charge in [0.15, 0.2) is 18.1 Å². The number of anilines is 1. The van der Waals surface area contributed by atoms with E-state index in [4.69, 9.17) is 9.47 Å². The molecule has 0 atom stereocenters. The highest BCUT2D eigenvalue weighted by Crippen LogP contribution is 2.36. The lowest BCUT2D eigenvalue weighted by molar-refractivity contribution is -0.118. The zero-order valence-corrected chi connectivity index (χ0v) is 16.6. The van der Waals surface area contributed by atoms with Gasteiger partial charge < -0.3 is 20.1 Å². The molecule has 26 heavy (non-hydrogen) atoms. The molecule has 0 aliphatic heterocycles. The van der Waals surface area contributed by atoms with Gasteiger partial charge in [-0.1, -0.05) is 23.8 Å². The quantitative estimate of drug-likeness (QED) is 0.476. The Bertz CT molecular complexity index is 760. The Morgan fingerprint density at radius 1 is 1.27 bits per heavy atom. The van der Waals surface area contributed by atoms with E-state index in [-0.39, 0.29) is 12.5 Å². The lowest BCUT2D eigenvalue weighted by Gasteiger charge is -2.14. The fourth-order valence-electron chi connectivity index (χ4n) is 2.31. The van der Waals surface area contributed by atoms with Crippen molar-refractivity contribution in [1.82, 2.24) is 5.32 Å². The number of benzene rings is 2. The monoisotopic (exact) mass is 418 g/mol. The predicted octanol–water partition coefficient (Wildman–Crippen LogP) is 4.06. The SMILES string of the molecule is C=CCNCc1cc(Br)c(OCC(=O)Nc2ccc(C)cc2)c(OC)c1. The Labute approximate surface area is 162 Å². The van der Waals surface area contributed by atoms with Gasteiger partial charge in [0.05, 0.1) is 11.6 Å². The maximum Gasteiger partial charge on any atom is 0.262 e. The maximum atomic E-state index is 12.1. The summed E-state index contributed by atoms with van der Waals surface area (Å²) in [5, 5.41) is 6.03. The highest BCUT2D eigenvalue weighted by atomic mass is 79.9. The Kier molecular flexibility index (Phi) is 7.69. The molecule has 138 valence electrons. The van der Waals surface area contributed by atoms with Crippen LogP contribution < -0.4 is 20.1 Å². The van der Waals surface area contributed by atoms with Crippen LogP contribution in [-0.4, -0.2) is 26.2 Å². The van der Waals surface area contributed by atoms with Gasteiger partial charge in [0.25, 0.3) is 5.91 Å². The van der Waals surface area contributed by atoms with Crippen LogP contribution in [0.2, 0.25) is 0 Å². The second kappa shape index (κ2) is 9.99. The molecule has 0 aliphatic carbocycles. The van der Waals surface area contributed by atoms with Gasteiger partial charge in [0, 0.05) is 18.8 Å². The molecule has 2 N–H and O–H groups in total. The number of hydrogen-bond acceptors (Lipinski definition) is 4. The van der Waals surface area contributed by atoms with Gasteiger partial charge in [-0.15, -0.1) is 6.58 Å². The average molecular weight is 419 g/mol. The molecule has 2 rings (SSSR count). The molecule has 2 aromatic rings. The van der Waals surface area contributed by atoms with Crippen molar-refractivity contribution in [2.45, 2.75) is 13.5 Å². The van der Waals surface area contributed by atoms with Crippen molar-refractivity contribution in [2.24, 2.45) is 0 Å². The van der Waals surface area contributed by atoms with Gasteiger partial charge >= 0.3 is 0 Å². The summed E-state index contributed by atoms with van der Waals surface area (Å²) in [6, 6.07) is 11.4. The molecule has 2 aromatic carbocycles. The second-order valence-electron chi connectivity index (χ2n) is 5.73. The van der Waals surface area contributed by atoms with Crippen LogP contribution in [0.4, 0.5) is 5.69 Å². The van der Waals surface area contributed by atoms with E-state index in [0.29, 0.717) is 18.0 Å². The van der Waals surface area contributed by atoms with Gasteiger partial charge in [-0.25, -0.2) is 0 Å². The number of carbonyl (C=O) groups excluding carboxylic acids is 1. The number of nitrogens with one attached hydrogen (secondary N) is 2. The van der Waals surface area contributed by atoms with Gasteiger partial charge in [-0.2, -0.15) is 0 Å². The first-order valence-electron chi connectivity index (χ1n) is 8.21. The molecule has 0 heterocycles. The van der Waals surface area contributed by atoms with Crippen molar-refractivity contribution in [3.05, 3.63) is 64.7 Å². The Balaban J connectivity index is 2.00. The van der Waals surface area contributed by atoms with Crippen molar-refractivity contribution in [3.8, 4) is 11.5 Å². The number of halogens is 1. The molecule has 0 saturated carbocycles. The van der Waals surface area contributed by atoms with Gasteiger partial charge in [0.1, 0.15) is 0 Å². The van der Waals surface area contributed by atoms with Gasteiger partial charge in [-0.05, 0) is 52.7 Å². The summed E-state index contributed by atoms with van der Waals surface area (Å²) >= 11 is 3.49. The molecule has 0 aliphatic rings. The lowest BCUT2D eigenvalue weighted by Crippen LogP contribution is -2.20. The van der Waals surface area contributed by atoms with Crippen LogP contribution in [0.25, 0.3) is 0 Å². The third kappa shape index (κ3) is 5.89. The van der Waals surface area contributed by atoms with Crippen LogP contribution in [0, 0.1) is 6.92 Å². The zero-order chi connectivity index (χ0) is 18.9. The molecule has 0 fully saturated rings. The van der Waals surface area contributed by atoms with E-state index in [1.54, 1.807) is 13.2 Å². The Morgan fingerprint density at radius 2 is 2.00 bits per heavy atom. The maximum absolute atomic E-state index is 12.1. The predicted molar refractivity (Wildman–Crippen MR) is 108 cm³/mol. The summed E-state index contributed by atoms with van der Waals surface area (Å²) in [4.78, 5) is 12.1. The second-order valence-corrected chi connectivity index (χ2v) is 6.59. The minimum atomic E-state index is -0.237. The largest absolute Gasteiger partial charge is 0.493 e. The summed E-state index contributed by atoms with van der Waals surface area (Å²) in [5.74, 6) is 0.830. The van der Waals surface area contributed by atoms with Crippen LogP contribution in [0.3, 0.4) is 0 Å². The number of hydrogen-bond donors (Lipinski definition) is 2. The van der Waals surface area contributed by atoms with Crippen LogP contribution in [0.5, 0.6) is 11.5 Å². The molecular formula is C20H23BrN2O3. The van der Waals surface area contributed by atoms with Crippen LogP contribution in [0.1, 0.15) is 11.1 Å². The Morgan fingerprint density at radius 3 is 2.65 bits per heavy atom. The summed E-state index contributed by atoms with van der Waals surface area (Å²) in [5.41, 5.74) is 2.90. The fraction of sp³-hybridized carbons (Fsp3) is 0.250. The molecule has 0 unspecified atom stereocenters. The third-order valence-electron chi connectivity index (χ3n) is 3.59. The van der Waals surface area contributed by atoms with Crippen LogP contribution in [0.15, 0.2) is 53.5 Å². The summed E-state index contributed by atoms with van der Waals surface area (Å²) in [7, 11) is 1.57. The molecule has 0 radical (unpaired) electrons. The lowest BCUT2D eigenvalue weighted by atomic mass is 10.2. The molecule has 0 bridgehead atoms. The van der Waals surface area contributed by atoms with Crippen molar-refractivity contribution < 1.29 is 14.3 Å². The number of ether oxygens (including phenoxy) is 2. The molecule has 0 aromatic heterocycles. The van der Waals surface area contributed by atoms with Crippen molar-refractivity contribution >= 4 is 27.5 Å². The summed E-state index contributed by atoms with van der Waals surface area (Å²) < 4.78 is 11.8. The molecule has 1 amide bonds. The van der Waals surface area contributed by atoms with E-state index in [9.17, 15) is 4.79 Å². The minimum Gasteiger partial charge on any atom is -0.493 e. The highest BCUT2D eigenvalue weighted by molar-refractivity contribution is 9.10. The number of amides is 1. The number of rotatable bonds is 9. The fourth-order valence-corrected chi connectivity index (χ4v) is 2.91. The smallest absolute Gasteiger partial charge is 0.262 e. The molecule has 5 nitrogen and oxygen atoms in total. The van der Waals surface area contributed by atoms with E-state index in [2.05, 4.69) is 33.1 Å². The summed E-state index contributed by atoms with van der Waals surface area (Å²) in [6.45, 7) is 6.95. The van der Waals surface area contributed by atoms with Crippen LogP contribution in [-0.2, 0) is 11.3 Å². The standard InChI is InChI=1S/C20H23BrN2O3/c1-4-9-22-12-15-10-17(21)20(18(11-15)25-3)26-13-19(24)23-16-7-5-14(2)6-8-16/h4-8,10-11,22H,1,9,12-13H2,2-3H3,(H,23,24). The first-order valence-corrected chi connectivity index (χ1v) is 9.00. The van der Waals surface area contributed by atoms with E-state index in [1.165, 1.54) is 0 Å². The van der Waals surface area contributed by atoms with E-state index < -0.39 is 0 Å². The molecule has 0 saturated heterocycles. The topological polar surface area (TPSA) is 59.6 Å². The first kappa shape index (κ1) is 20.0. The minimum absolute atomic E-state index is 0.114. The van der Waals surface area contributed by atoms with Crippen molar-refractivity contribution in [1.29, 1.82) is 0 Å². The number of aryl methyl sites for hydroxylation is 1. The van der Waals surface area contributed by atoms with Gasteiger partial charge in [0.2, 0.25) is 0 Å². The zero-order valence-electron chi connectivity index (χ0n) is 15.0. The molecule has 6 heteroatoms. The number of carbonyl (C=O) groups is 1. The average Bonchev–Trinajstić information content (AvgIpc) is 2.62. The third-order valence-corrected chi connectivity index (χ3v) is 4.18. The van der Waals surface area contributed by atoms with E-state index in [0.717, 1.165) is 27.8 Å². The summed E-state index contributed by atoms with van der Waals surface area (Å²) in [6.07, 6.45) is 1.80. The van der Waals surface area contributed by atoms with E-state index >= 15 is 0 Å². The molecule has 0 spiro atoms. The van der Waals surface area contributed by atoms with Crippen molar-refractivity contribution in [3.63, 3.8) is 0 Å². The molecular weight excluding hydrogens is 396 g/mol. The van der Waals surface area contributed by atoms with Crippen LogP contribution >= 0.6 is 15.9 Å². The first-order chi connectivity index (χ1) is 12.5. The Hall–Kier alpha value is -2.31. The normalized spacial score (nSPS) is 10.3. The van der Waals surface area contributed by atoms with Crippen molar-refractivity contribution in [2.75, 3.05) is 25.6 Å². The highest BCUT2D eigenvalue weighted by Gasteiger charge is 2.13. The number of methoxy groups -OCH3 is 1. The van der Waals surface area contributed by atoms with Gasteiger partial charge in [-0.3, -0.25) is 4.79 Å². The van der Waals surface area contributed by atoms with E-state index in [1.807, 2.05) is 43.3 Å².